The summed E-state index contributed by atoms with van der Waals surface area (Å²) in [5.41, 5.74) is 40.9. The van der Waals surface area contributed by atoms with Crippen LogP contribution in [0.15, 0.2) is 358 Å². The average molecular weight is 1800 g/mol. The van der Waals surface area contributed by atoms with Crippen molar-refractivity contribution in [2.24, 2.45) is 0 Å². The molecule has 0 radical (unpaired) electrons. The van der Waals surface area contributed by atoms with Gasteiger partial charge in [0, 0.05) is 70.0 Å². The van der Waals surface area contributed by atoms with Crippen molar-refractivity contribution in [3.8, 4) is 66.8 Å². The van der Waals surface area contributed by atoms with Gasteiger partial charge in [-0.3, -0.25) is 0 Å². The third kappa shape index (κ3) is 13.3. The summed E-state index contributed by atoms with van der Waals surface area (Å²) in [6.07, 6.45) is 0. The topological polar surface area (TPSA) is 13.2 Å². The minimum absolute atomic E-state index is 0.000637. The van der Waals surface area contributed by atoms with Gasteiger partial charge in [-0.05, 0) is 346 Å². The van der Waals surface area contributed by atoms with E-state index in [-0.39, 0.29) is 5.41 Å². The van der Waals surface area contributed by atoms with Crippen molar-refractivity contribution in [3.63, 3.8) is 0 Å². The molecule has 140 heavy (non-hydrogen) atoms. The highest BCUT2D eigenvalue weighted by Crippen LogP contribution is 2.54. The Morgan fingerprint density at radius 1 is 0.186 bits per heavy atom. The second-order valence-corrected chi connectivity index (χ2v) is 43.3. The average Bonchev–Trinajstić information content (AvgIpc) is 1.54. The fraction of sp³-hybridized carbons (Fsp3) is 0.168. The van der Waals surface area contributed by atoms with Gasteiger partial charge in [0.25, 0.3) is 0 Å². The Hall–Kier alpha value is -15.4. The highest BCUT2D eigenvalue weighted by molar-refractivity contribution is 6.31. The van der Waals surface area contributed by atoms with E-state index in [9.17, 15) is 0 Å². The van der Waals surface area contributed by atoms with Crippen LogP contribution in [0.25, 0.3) is 246 Å². The van der Waals surface area contributed by atoms with E-state index in [1.165, 1.54) is 301 Å². The zero-order valence-electron chi connectivity index (χ0n) is 82.9. The molecule has 6 heterocycles. The van der Waals surface area contributed by atoms with Crippen LogP contribution in [0.3, 0.4) is 0 Å². The molecule has 3 heteroatoms. The van der Waals surface area contributed by atoms with Crippen LogP contribution in [-0.2, 0) is 5.41 Å². The van der Waals surface area contributed by atoms with Crippen LogP contribution >= 0.6 is 0 Å². The molecule has 0 saturated heterocycles. The van der Waals surface area contributed by atoms with Gasteiger partial charge in [0.15, 0.2) is 0 Å². The maximum absolute atomic E-state index is 2.55. The number of benzene rings is 21. The van der Waals surface area contributed by atoms with Crippen molar-refractivity contribution in [1.82, 2.24) is 13.2 Å². The van der Waals surface area contributed by atoms with Crippen molar-refractivity contribution in [2.45, 2.75) is 152 Å². The largest absolute Gasteiger partial charge is 0.308 e. The van der Waals surface area contributed by atoms with Crippen LogP contribution in [0, 0.1) is 13.8 Å². The molecule has 0 fully saturated rings. The van der Waals surface area contributed by atoms with E-state index in [1.54, 1.807) is 0 Å². The lowest BCUT2D eigenvalue weighted by molar-refractivity contribution is 0.660. The van der Waals surface area contributed by atoms with Crippen LogP contribution in [0.2, 0.25) is 0 Å². The van der Waals surface area contributed by atoms with Crippen LogP contribution < -0.4 is 0 Å². The van der Waals surface area contributed by atoms with Crippen molar-refractivity contribution in [2.75, 3.05) is 0 Å². The molecule has 0 N–H and O–H groups in total. The molecule has 0 bridgehead atoms. The molecule has 3 nitrogen and oxygen atoms in total. The molecule has 1 aliphatic rings. The molecular formula is C137H113N3. The molecule has 6 aromatic heterocycles. The van der Waals surface area contributed by atoms with Gasteiger partial charge in [0.1, 0.15) is 0 Å². The summed E-state index contributed by atoms with van der Waals surface area (Å²) in [6.45, 7) is 36.5. The summed E-state index contributed by atoms with van der Waals surface area (Å²) < 4.78 is 7.63. The maximum Gasteiger partial charge on any atom is 0.0620 e. The van der Waals surface area contributed by atoms with E-state index in [0.717, 1.165) is 0 Å². The monoisotopic (exact) mass is 1800 g/mol. The maximum atomic E-state index is 2.55. The summed E-state index contributed by atoms with van der Waals surface area (Å²) in [5.74, 6) is 2.96. The fourth-order valence-electron chi connectivity index (χ4n) is 24.4. The SMILES string of the molecule is CC(C)c1ccc2cc3c(cc2c1)c1cc(-c2ccc4c(c2)-c2ccccc2C4(C)C)cc2c4cc5cc(C(C)C)ccc5cc4n3c12.Cc1ccc(-c2ccccc2)c(-c2cc3c4cc5cc(C(C)C)ccc5cc4n4c5cc6ccc(C(C)C)cc6cc5c(c2)c34)c1.Cc1cccc(-c2ccccc2)c1-c1cc2c3cc4cc(C(C)C)ccc4cc3n3c4cc5ccc(C(C)C)cc5cc4c(c1)c23. The molecule has 0 saturated carbocycles. The summed E-state index contributed by atoms with van der Waals surface area (Å²) in [7, 11) is 0. The molecule has 0 atom stereocenters. The number of hydrogen-bond acceptors (Lipinski definition) is 0. The number of fused-ring (bicyclic) bond motifs is 27. The summed E-state index contributed by atoms with van der Waals surface area (Å²) >= 11 is 0. The van der Waals surface area contributed by atoms with Gasteiger partial charge in [-0.25, -0.2) is 0 Å². The molecule has 28 rings (SSSR count). The molecule has 676 valence electrons. The predicted octanol–water partition coefficient (Wildman–Crippen LogP) is 39.4. The third-order valence-corrected chi connectivity index (χ3v) is 32.2. The Labute approximate surface area is 818 Å². The Morgan fingerprint density at radius 3 is 0.843 bits per heavy atom. The number of nitrogens with zero attached hydrogens (tertiary/aromatic N) is 3. The van der Waals surface area contributed by atoms with Crippen LogP contribution in [-0.4, -0.2) is 13.2 Å². The predicted molar refractivity (Wildman–Crippen MR) is 607 cm³/mol. The van der Waals surface area contributed by atoms with E-state index >= 15 is 0 Å². The standard InChI is InChI=1S/C47H39N.2C45H37N/c1-26(2)28-11-13-31-24-44-38(20-33(31)17-28)40-22-35(30-15-16-43-37(19-30)36-9-7-8-10-42(36)47(43,5)6)23-41-39-21-34-18-29(27(3)4)12-14-32(34)25-45(39)48(44)46(40)41;1-26(2)30-14-16-32-24-42-38(20-34(32)18-30)40-22-36(44-28(5)10-9-13-37(44)29-11-7-6-8-12-29)23-41-39-21-35-19-31(27(3)4)15-17-33(35)25-43(39)46(42)45(40)41;1-26(2)30-12-14-32-24-43-39(20-34(32)18-30)41-22-36(38-17-28(5)11-16-37(38)29-9-7-6-8-10-29)23-42-40-21-35-19-31(27(3)4)13-15-33(35)25-44(40)46(43)45(41)42/h7-27H,1-6H3;2*6-27H,1-5H3. The Bertz CT molecular complexity index is 9460. The lowest BCUT2D eigenvalue weighted by Gasteiger charge is -2.21. The van der Waals surface area contributed by atoms with Gasteiger partial charge in [-0.1, -0.05) is 345 Å². The van der Waals surface area contributed by atoms with E-state index in [2.05, 4.69) is 482 Å². The Morgan fingerprint density at radius 2 is 0.493 bits per heavy atom. The van der Waals surface area contributed by atoms with E-state index in [0.29, 0.717) is 35.5 Å². The van der Waals surface area contributed by atoms with Crippen LogP contribution in [0.4, 0.5) is 0 Å². The number of rotatable bonds is 11. The lowest BCUT2D eigenvalue weighted by atomic mass is 9.82. The normalized spacial score (nSPS) is 13.0. The van der Waals surface area contributed by atoms with Gasteiger partial charge in [0.05, 0.1) is 49.7 Å². The Balaban J connectivity index is 0.000000108. The molecule has 0 aliphatic heterocycles. The van der Waals surface area contributed by atoms with Crippen molar-refractivity contribution in [1.29, 1.82) is 0 Å². The molecule has 0 unspecified atom stereocenters. The van der Waals surface area contributed by atoms with E-state index < -0.39 is 0 Å². The van der Waals surface area contributed by atoms with E-state index in [1.807, 2.05) is 0 Å². The molecule has 27 aromatic rings. The molecule has 0 spiro atoms. The van der Waals surface area contributed by atoms with Crippen LogP contribution in [0.5, 0.6) is 0 Å². The third-order valence-electron chi connectivity index (χ3n) is 32.2. The summed E-state index contributed by atoms with van der Waals surface area (Å²) in [6, 6.07) is 137. The molecule has 1 aliphatic carbocycles. The first-order chi connectivity index (χ1) is 67.9. The van der Waals surface area contributed by atoms with Crippen LogP contribution in [0.1, 0.15) is 188 Å². The highest BCUT2D eigenvalue weighted by atomic mass is 14.9. The van der Waals surface area contributed by atoms with Gasteiger partial charge in [-0.15, -0.1) is 0 Å². The first-order valence-electron chi connectivity index (χ1n) is 50.9. The lowest BCUT2D eigenvalue weighted by Crippen LogP contribution is -2.14. The van der Waals surface area contributed by atoms with Gasteiger partial charge in [0.2, 0.25) is 0 Å². The second-order valence-electron chi connectivity index (χ2n) is 43.3. The molecular weight excluding hydrogens is 1690 g/mol. The van der Waals surface area contributed by atoms with Gasteiger partial charge < -0.3 is 13.2 Å². The van der Waals surface area contributed by atoms with Crippen molar-refractivity contribution < 1.29 is 0 Å². The first-order valence-corrected chi connectivity index (χ1v) is 50.9. The number of hydrogen-bond donors (Lipinski definition) is 0. The zero-order chi connectivity index (χ0) is 95.2. The summed E-state index contributed by atoms with van der Waals surface area (Å²) in [5, 5.41) is 31.5. The van der Waals surface area contributed by atoms with Gasteiger partial charge in [-0.2, -0.15) is 0 Å². The quantitative estimate of drug-likeness (QED) is 0.122. The minimum atomic E-state index is 0.000637. The molecule has 21 aromatic carbocycles. The van der Waals surface area contributed by atoms with Gasteiger partial charge >= 0.3 is 0 Å². The van der Waals surface area contributed by atoms with Crippen molar-refractivity contribution in [3.05, 3.63) is 414 Å². The number of aromatic nitrogens is 3. The molecule has 0 amide bonds. The summed E-state index contributed by atoms with van der Waals surface area (Å²) in [4.78, 5) is 0. The first kappa shape index (κ1) is 85.0. The smallest absolute Gasteiger partial charge is 0.0620 e. The zero-order valence-corrected chi connectivity index (χ0v) is 82.9. The van der Waals surface area contributed by atoms with Crippen molar-refractivity contribution >= 4 is 179 Å². The highest BCUT2D eigenvalue weighted by Gasteiger charge is 2.36. The Kier molecular flexibility index (Phi) is 19.3. The number of aryl methyl sites for hydroxylation is 2. The minimum Gasteiger partial charge on any atom is -0.308 e. The fourth-order valence-corrected chi connectivity index (χ4v) is 24.4. The van der Waals surface area contributed by atoms with E-state index in [4.69, 9.17) is 0 Å². The second kappa shape index (κ2) is 31.8.